The quantitative estimate of drug-likeness (QED) is 0.592. The number of nitrogens with zero attached hydrogens (tertiary/aromatic N) is 2. The summed E-state index contributed by atoms with van der Waals surface area (Å²) in [6.07, 6.45) is -4.73. The third-order valence-corrected chi connectivity index (χ3v) is 3.67. The van der Waals surface area contributed by atoms with Gasteiger partial charge in [-0.25, -0.2) is 0 Å². The Morgan fingerprint density at radius 1 is 1.38 bits per heavy atom. The maximum absolute atomic E-state index is 12.1. The molecule has 6 nitrogen and oxygen atoms in total. The smallest absolute Gasteiger partial charge is 0.406 e. The van der Waals surface area contributed by atoms with E-state index in [1.165, 1.54) is 24.3 Å². The molecule has 0 bridgehead atoms. The van der Waals surface area contributed by atoms with E-state index in [4.69, 9.17) is 10.5 Å². The van der Waals surface area contributed by atoms with E-state index in [1.807, 2.05) is 0 Å². The first kappa shape index (κ1) is 20.3. The highest BCUT2D eigenvalue weighted by atomic mass is 19.4. The molecule has 1 fully saturated rings. The molecule has 1 unspecified atom stereocenters. The molecule has 1 atom stereocenters. The lowest BCUT2D eigenvalue weighted by atomic mass is 10.2. The van der Waals surface area contributed by atoms with Crippen LogP contribution in [0.15, 0.2) is 29.3 Å². The topological polar surface area (TPSA) is 72.1 Å². The lowest BCUT2D eigenvalue weighted by Crippen LogP contribution is -2.45. The normalized spacial score (nSPS) is 19.6. The number of benzene rings is 1. The van der Waals surface area contributed by atoms with Crippen LogP contribution in [0.25, 0.3) is 0 Å². The zero-order valence-electron chi connectivity index (χ0n) is 14.9. The van der Waals surface area contributed by atoms with Crippen LogP contribution in [-0.2, 0) is 4.74 Å². The molecule has 0 radical (unpaired) electrons. The number of halogens is 3. The number of hydrogen-bond donors (Lipinski definition) is 2. The zero-order valence-corrected chi connectivity index (χ0v) is 14.9. The van der Waals surface area contributed by atoms with E-state index in [-0.39, 0.29) is 17.8 Å². The molecule has 0 aromatic heterocycles. The average Bonchev–Trinajstić information content (AvgIpc) is 2.53. The molecule has 1 aliphatic rings. The van der Waals surface area contributed by atoms with Gasteiger partial charge in [-0.3, -0.25) is 9.89 Å². The van der Waals surface area contributed by atoms with E-state index < -0.39 is 6.36 Å². The summed E-state index contributed by atoms with van der Waals surface area (Å²) < 4.78 is 45.9. The molecule has 0 aliphatic carbocycles. The molecular formula is C17H25F3N4O2. The molecule has 9 heteroatoms. The predicted molar refractivity (Wildman–Crippen MR) is 94.3 cm³/mol. The first-order valence-corrected chi connectivity index (χ1v) is 8.48. The van der Waals surface area contributed by atoms with Crippen molar-refractivity contribution in [2.24, 2.45) is 16.6 Å². The van der Waals surface area contributed by atoms with Gasteiger partial charge in [0.1, 0.15) is 5.75 Å². The van der Waals surface area contributed by atoms with Gasteiger partial charge in [0.05, 0.1) is 19.3 Å². The first-order chi connectivity index (χ1) is 12.2. The van der Waals surface area contributed by atoms with Crippen LogP contribution in [0.4, 0.5) is 18.9 Å². The van der Waals surface area contributed by atoms with Crippen molar-refractivity contribution in [2.45, 2.75) is 26.3 Å². The molecule has 0 saturated carbocycles. The molecule has 1 aliphatic heterocycles. The number of nitrogens with one attached hydrogen (secondary N) is 1. The minimum absolute atomic E-state index is 0.0228. The van der Waals surface area contributed by atoms with Gasteiger partial charge in [-0.1, -0.05) is 13.8 Å². The number of morpholine rings is 1. The standard InChI is InChI=1S/C17H25F3N4O2/c1-12(2)10-24-7-8-25-15(11-24)9-22-16(21)23-13-3-5-14(6-4-13)26-17(18,19)20/h3-6,12,15H,7-11H2,1-2H3,(H3,21,22,23). The average molecular weight is 374 g/mol. The van der Waals surface area contributed by atoms with E-state index >= 15 is 0 Å². The minimum atomic E-state index is -4.71. The highest BCUT2D eigenvalue weighted by Gasteiger charge is 2.30. The summed E-state index contributed by atoms with van der Waals surface area (Å²) >= 11 is 0. The van der Waals surface area contributed by atoms with Gasteiger partial charge in [0, 0.05) is 25.3 Å². The Morgan fingerprint density at radius 3 is 2.69 bits per heavy atom. The van der Waals surface area contributed by atoms with Crippen LogP contribution in [0.5, 0.6) is 5.75 Å². The fourth-order valence-corrected chi connectivity index (χ4v) is 2.70. The second-order valence-corrected chi connectivity index (χ2v) is 6.57. The molecule has 146 valence electrons. The maximum atomic E-state index is 12.1. The molecular weight excluding hydrogens is 349 g/mol. The van der Waals surface area contributed by atoms with Gasteiger partial charge >= 0.3 is 6.36 Å². The Hall–Kier alpha value is -2.00. The van der Waals surface area contributed by atoms with Crippen LogP contribution in [0, 0.1) is 5.92 Å². The summed E-state index contributed by atoms with van der Waals surface area (Å²) in [5.74, 6) is 0.478. The fourth-order valence-electron chi connectivity index (χ4n) is 2.70. The van der Waals surface area contributed by atoms with E-state index in [9.17, 15) is 13.2 Å². The van der Waals surface area contributed by atoms with E-state index in [0.717, 1.165) is 19.6 Å². The molecule has 1 heterocycles. The Bertz CT molecular complexity index is 591. The Balaban J connectivity index is 1.82. The van der Waals surface area contributed by atoms with Crippen molar-refractivity contribution >= 4 is 11.6 Å². The second-order valence-electron chi connectivity index (χ2n) is 6.57. The molecule has 3 N–H and O–H groups in total. The molecule has 1 aromatic carbocycles. The van der Waals surface area contributed by atoms with Crippen LogP contribution >= 0.6 is 0 Å². The summed E-state index contributed by atoms with van der Waals surface area (Å²) in [5.41, 5.74) is 6.36. The molecule has 1 saturated heterocycles. The second kappa shape index (κ2) is 9.09. The minimum Gasteiger partial charge on any atom is -0.406 e. The predicted octanol–water partition coefficient (Wildman–Crippen LogP) is 2.67. The van der Waals surface area contributed by atoms with Crippen molar-refractivity contribution in [1.29, 1.82) is 0 Å². The van der Waals surface area contributed by atoms with Crippen LogP contribution < -0.4 is 15.8 Å². The summed E-state index contributed by atoms with van der Waals surface area (Å²) in [7, 11) is 0. The van der Waals surface area contributed by atoms with Crippen LogP contribution in [0.1, 0.15) is 13.8 Å². The first-order valence-electron chi connectivity index (χ1n) is 8.48. The van der Waals surface area contributed by atoms with Crippen molar-refractivity contribution in [3.8, 4) is 5.75 Å². The van der Waals surface area contributed by atoms with Crippen molar-refractivity contribution in [3.63, 3.8) is 0 Å². The number of aliphatic imine (C=N–C) groups is 1. The number of ether oxygens (including phenoxy) is 2. The third kappa shape index (κ3) is 7.49. The Kier molecular flexibility index (Phi) is 7.10. The molecule has 26 heavy (non-hydrogen) atoms. The van der Waals surface area contributed by atoms with Crippen molar-refractivity contribution in [3.05, 3.63) is 24.3 Å². The van der Waals surface area contributed by atoms with Gasteiger partial charge in [-0.15, -0.1) is 13.2 Å². The van der Waals surface area contributed by atoms with Gasteiger partial charge in [0.25, 0.3) is 0 Å². The SMILES string of the molecule is CC(C)CN1CCOC(CN=C(N)Nc2ccc(OC(F)(F)F)cc2)C1. The van der Waals surface area contributed by atoms with Gasteiger partial charge in [0.2, 0.25) is 0 Å². The molecule has 0 spiro atoms. The number of nitrogens with two attached hydrogens (primary N) is 1. The monoisotopic (exact) mass is 374 g/mol. The van der Waals surface area contributed by atoms with E-state index in [2.05, 4.69) is 33.8 Å². The van der Waals surface area contributed by atoms with Crippen LogP contribution in [-0.4, -0.2) is 56.1 Å². The number of rotatable bonds is 6. The van der Waals surface area contributed by atoms with E-state index in [1.54, 1.807) is 0 Å². The van der Waals surface area contributed by atoms with Crippen molar-refractivity contribution < 1.29 is 22.6 Å². The number of hydrogen-bond acceptors (Lipinski definition) is 4. The third-order valence-electron chi connectivity index (χ3n) is 3.67. The summed E-state index contributed by atoms with van der Waals surface area (Å²) in [4.78, 5) is 6.60. The fraction of sp³-hybridized carbons (Fsp3) is 0.588. The molecule has 1 aromatic rings. The van der Waals surface area contributed by atoms with Crippen molar-refractivity contribution in [2.75, 3.05) is 38.1 Å². The Labute approximate surface area is 151 Å². The van der Waals surface area contributed by atoms with E-state index in [0.29, 0.717) is 24.8 Å². The summed E-state index contributed by atoms with van der Waals surface area (Å²) in [6, 6.07) is 5.28. The van der Waals surface area contributed by atoms with Crippen molar-refractivity contribution in [1.82, 2.24) is 4.90 Å². The largest absolute Gasteiger partial charge is 0.573 e. The van der Waals surface area contributed by atoms with Gasteiger partial charge < -0.3 is 20.5 Å². The van der Waals surface area contributed by atoms with Gasteiger partial charge in [0.15, 0.2) is 5.96 Å². The zero-order chi connectivity index (χ0) is 19.2. The van der Waals surface area contributed by atoms with Gasteiger partial charge in [-0.2, -0.15) is 0 Å². The number of anilines is 1. The number of guanidine groups is 1. The highest BCUT2D eigenvalue weighted by Crippen LogP contribution is 2.23. The summed E-state index contributed by atoms with van der Waals surface area (Å²) in [5, 5.41) is 2.84. The maximum Gasteiger partial charge on any atom is 0.573 e. The Morgan fingerprint density at radius 2 is 2.08 bits per heavy atom. The number of alkyl halides is 3. The molecule has 0 amide bonds. The lowest BCUT2D eigenvalue weighted by molar-refractivity contribution is -0.274. The van der Waals surface area contributed by atoms with Crippen LogP contribution in [0.3, 0.4) is 0 Å². The summed E-state index contributed by atoms with van der Waals surface area (Å²) in [6.45, 7) is 8.18. The lowest BCUT2D eigenvalue weighted by Gasteiger charge is -2.33. The highest BCUT2D eigenvalue weighted by molar-refractivity contribution is 5.92. The van der Waals surface area contributed by atoms with Gasteiger partial charge in [-0.05, 0) is 30.2 Å². The molecule has 2 rings (SSSR count). The van der Waals surface area contributed by atoms with Crippen LogP contribution in [0.2, 0.25) is 0 Å².